The van der Waals surface area contributed by atoms with Crippen LogP contribution in [0, 0.1) is 5.92 Å². The minimum atomic E-state index is 0.0506. The Morgan fingerprint density at radius 1 is 1.35 bits per heavy atom. The zero-order valence-electron chi connectivity index (χ0n) is 9.81. The average Bonchev–Trinajstić information content (AvgIpc) is 2.30. The standard InChI is InChI=1S/C13H17N3O/c1-9-8-13(17)16-15-12(9)7-4-10-2-5-11(14)6-3-10/h2-7,9,12,15H,8,14H2,1H3,(H,16,17)/b7-4+. The van der Waals surface area contributed by atoms with Crippen molar-refractivity contribution in [1.29, 1.82) is 0 Å². The van der Waals surface area contributed by atoms with E-state index in [9.17, 15) is 4.79 Å². The predicted octanol–water partition coefficient (Wildman–Crippen LogP) is 1.31. The Labute approximate surface area is 101 Å². The van der Waals surface area contributed by atoms with Gasteiger partial charge in [-0.3, -0.25) is 10.2 Å². The maximum absolute atomic E-state index is 11.1. The lowest BCUT2D eigenvalue weighted by Crippen LogP contribution is -2.52. The molecule has 2 rings (SSSR count). The van der Waals surface area contributed by atoms with E-state index in [-0.39, 0.29) is 11.9 Å². The number of nitrogens with one attached hydrogen (secondary N) is 2. The lowest BCUT2D eigenvalue weighted by molar-refractivity contribution is -0.125. The van der Waals surface area contributed by atoms with Gasteiger partial charge in [0, 0.05) is 18.2 Å². The van der Waals surface area contributed by atoms with Crippen molar-refractivity contribution in [2.24, 2.45) is 5.92 Å². The molecule has 1 saturated heterocycles. The van der Waals surface area contributed by atoms with Crippen LogP contribution >= 0.6 is 0 Å². The summed E-state index contributed by atoms with van der Waals surface area (Å²) < 4.78 is 0. The number of anilines is 1. The van der Waals surface area contributed by atoms with Gasteiger partial charge >= 0.3 is 0 Å². The molecule has 1 amide bonds. The second kappa shape index (κ2) is 5.01. The van der Waals surface area contributed by atoms with Gasteiger partial charge in [0.15, 0.2) is 0 Å². The third-order valence-corrected chi connectivity index (χ3v) is 2.93. The number of hydrogen-bond acceptors (Lipinski definition) is 3. The third kappa shape index (κ3) is 3.07. The number of hydrazine groups is 1. The summed E-state index contributed by atoms with van der Waals surface area (Å²) in [4.78, 5) is 11.1. The molecule has 1 aromatic carbocycles. The predicted molar refractivity (Wildman–Crippen MR) is 68.7 cm³/mol. The Morgan fingerprint density at radius 3 is 2.71 bits per heavy atom. The minimum Gasteiger partial charge on any atom is -0.399 e. The molecule has 4 heteroatoms. The molecule has 4 N–H and O–H groups in total. The maximum atomic E-state index is 11.1. The first-order valence-electron chi connectivity index (χ1n) is 5.73. The normalized spacial score (nSPS) is 24.9. The highest BCUT2D eigenvalue weighted by atomic mass is 16.2. The number of benzene rings is 1. The summed E-state index contributed by atoms with van der Waals surface area (Å²) >= 11 is 0. The van der Waals surface area contributed by atoms with E-state index in [1.54, 1.807) is 0 Å². The molecular weight excluding hydrogens is 214 g/mol. The maximum Gasteiger partial charge on any atom is 0.234 e. The van der Waals surface area contributed by atoms with Gasteiger partial charge in [-0.2, -0.15) is 0 Å². The number of carbonyl (C=O) groups excluding carboxylic acids is 1. The van der Waals surface area contributed by atoms with E-state index in [4.69, 9.17) is 5.73 Å². The quantitative estimate of drug-likeness (QED) is 0.672. The molecule has 2 unspecified atom stereocenters. The van der Waals surface area contributed by atoms with Crippen LogP contribution in [0.3, 0.4) is 0 Å². The fourth-order valence-electron chi connectivity index (χ4n) is 1.84. The average molecular weight is 231 g/mol. The fraction of sp³-hybridized carbons (Fsp3) is 0.308. The van der Waals surface area contributed by atoms with Crippen molar-refractivity contribution >= 4 is 17.7 Å². The van der Waals surface area contributed by atoms with Crippen molar-refractivity contribution in [3.05, 3.63) is 35.9 Å². The van der Waals surface area contributed by atoms with Crippen molar-refractivity contribution < 1.29 is 4.79 Å². The molecule has 17 heavy (non-hydrogen) atoms. The topological polar surface area (TPSA) is 67.2 Å². The van der Waals surface area contributed by atoms with Crippen LogP contribution in [0.15, 0.2) is 30.3 Å². The summed E-state index contributed by atoms with van der Waals surface area (Å²) in [6.45, 7) is 2.06. The van der Waals surface area contributed by atoms with Crippen LogP contribution < -0.4 is 16.6 Å². The van der Waals surface area contributed by atoms with Gasteiger partial charge in [-0.25, -0.2) is 5.43 Å². The number of amides is 1. The van der Waals surface area contributed by atoms with Crippen molar-refractivity contribution in [2.75, 3.05) is 5.73 Å². The lowest BCUT2D eigenvalue weighted by atomic mass is 9.96. The van der Waals surface area contributed by atoms with Crippen LogP contribution in [0.2, 0.25) is 0 Å². The molecule has 0 aliphatic carbocycles. The molecule has 1 heterocycles. The van der Waals surface area contributed by atoms with Gasteiger partial charge in [0.05, 0.1) is 0 Å². The van der Waals surface area contributed by atoms with E-state index >= 15 is 0 Å². The Kier molecular flexibility index (Phi) is 3.44. The highest BCUT2D eigenvalue weighted by Crippen LogP contribution is 2.14. The van der Waals surface area contributed by atoms with Gasteiger partial charge < -0.3 is 5.73 Å². The summed E-state index contributed by atoms with van der Waals surface area (Å²) in [5, 5.41) is 0. The lowest BCUT2D eigenvalue weighted by Gasteiger charge is -2.27. The summed E-state index contributed by atoms with van der Waals surface area (Å²) in [5.41, 5.74) is 13.1. The van der Waals surface area contributed by atoms with Gasteiger partial charge in [-0.1, -0.05) is 31.2 Å². The van der Waals surface area contributed by atoms with Crippen LogP contribution in [0.1, 0.15) is 18.9 Å². The number of carbonyl (C=O) groups is 1. The molecule has 0 spiro atoms. The largest absolute Gasteiger partial charge is 0.399 e. The molecule has 90 valence electrons. The molecular formula is C13H17N3O. The second-order valence-corrected chi connectivity index (χ2v) is 4.43. The summed E-state index contributed by atoms with van der Waals surface area (Å²) in [5.74, 6) is 0.350. The van der Waals surface area contributed by atoms with E-state index < -0.39 is 0 Å². The van der Waals surface area contributed by atoms with Gasteiger partial charge in [0.2, 0.25) is 5.91 Å². The van der Waals surface area contributed by atoms with Gasteiger partial charge in [-0.15, -0.1) is 0 Å². The Balaban J connectivity index is 2.00. The highest BCUT2D eigenvalue weighted by molar-refractivity contribution is 5.76. The monoisotopic (exact) mass is 231 g/mol. The van der Waals surface area contributed by atoms with Crippen molar-refractivity contribution in [2.45, 2.75) is 19.4 Å². The number of rotatable bonds is 2. The number of nitrogens with two attached hydrogens (primary N) is 1. The Bertz CT molecular complexity index is 425. The first-order chi connectivity index (χ1) is 8.15. The number of nitrogen functional groups attached to an aromatic ring is 1. The molecule has 1 aliphatic rings. The van der Waals surface area contributed by atoms with Crippen molar-refractivity contribution in [3.8, 4) is 0 Å². The zero-order valence-corrected chi connectivity index (χ0v) is 9.81. The summed E-state index contributed by atoms with van der Waals surface area (Å²) in [6.07, 6.45) is 4.66. The third-order valence-electron chi connectivity index (χ3n) is 2.93. The van der Waals surface area contributed by atoms with Crippen molar-refractivity contribution in [1.82, 2.24) is 10.9 Å². The van der Waals surface area contributed by atoms with Gasteiger partial charge in [0.1, 0.15) is 0 Å². The number of hydrogen-bond donors (Lipinski definition) is 3. The zero-order chi connectivity index (χ0) is 12.3. The van der Waals surface area contributed by atoms with Gasteiger partial charge in [-0.05, 0) is 23.6 Å². The smallest absolute Gasteiger partial charge is 0.234 e. The van der Waals surface area contributed by atoms with E-state index in [0.717, 1.165) is 11.3 Å². The van der Waals surface area contributed by atoms with Crippen LogP contribution in [0.25, 0.3) is 6.08 Å². The molecule has 0 saturated carbocycles. The highest BCUT2D eigenvalue weighted by Gasteiger charge is 2.22. The SMILES string of the molecule is CC1CC(=O)NNC1/C=C/c1ccc(N)cc1. The molecule has 1 aromatic rings. The molecule has 1 aliphatic heterocycles. The first kappa shape index (κ1) is 11.7. The second-order valence-electron chi connectivity index (χ2n) is 4.43. The van der Waals surface area contributed by atoms with E-state index in [2.05, 4.69) is 23.9 Å². The Morgan fingerprint density at radius 2 is 2.06 bits per heavy atom. The molecule has 1 fully saturated rings. The summed E-state index contributed by atoms with van der Waals surface area (Å²) in [7, 11) is 0. The van der Waals surface area contributed by atoms with Crippen molar-refractivity contribution in [3.63, 3.8) is 0 Å². The molecule has 0 radical (unpaired) electrons. The summed E-state index contributed by atoms with van der Waals surface area (Å²) in [6, 6.07) is 7.86. The van der Waals surface area contributed by atoms with E-state index in [1.165, 1.54) is 0 Å². The Hall–Kier alpha value is -1.81. The van der Waals surface area contributed by atoms with Crippen LogP contribution in [0.4, 0.5) is 5.69 Å². The van der Waals surface area contributed by atoms with Crippen LogP contribution in [-0.4, -0.2) is 11.9 Å². The van der Waals surface area contributed by atoms with Gasteiger partial charge in [0.25, 0.3) is 0 Å². The first-order valence-corrected chi connectivity index (χ1v) is 5.73. The van der Waals surface area contributed by atoms with Crippen LogP contribution in [0.5, 0.6) is 0 Å². The van der Waals surface area contributed by atoms with E-state index in [0.29, 0.717) is 12.3 Å². The molecule has 0 aromatic heterocycles. The van der Waals surface area contributed by atoms with E-state index in [1.807, 2.05) is 30.3 Å². The molecule has 2 atom stereocenters. The minimum absolute atomic E-state index is 0.0506. The van der Waals surface area contributed by atoms with Crippen LogP contribution in [-0.2, 0) is 4.79 Å². The molecule has 4 nitrogen and oxygen atoms in total. The fourth-order valence-corrected chi connectivity index (χ4v) is 1.84. The molecule has 0 bridgehead atoms.